The number of aliphatic hydroxyl groups is 2. The van der Waals surface area contributed by atoms with Crippen molar-refractivity contribution in [2.24, 2.45) is 0 Å². The summed E-state index contributed by atoms with van der Waals surface area (Å²) in [5.41, 5.74) is 0.474. The van der Waals surface area contributed by atoms with E-state index in [4.69, 9.17) is 0 Å². The van der Waals surface area contributed by atoms with Crippen molar-refractivity contribution in [3.8, 4) is 11.3 Å². The van der Waals surface area contributed by atoms with Crippen molar-refractivity contribution in [1.82, 2.24) is 14.3 Å². The van der Waals surface area contributed by atoms with E-state index in [2.05, 4.69) is 10.3 Å². The van der Waals surface area contributed by atoms with Crippen LogP contribution < -0.4 is 5.32 Å². The maximum Gasteiger partial charge on any atom is 0.252 e. The van der Waals surface area contributed by atoms with Crippen LogP contribution in [0.3, 0.4) is 0 Å². The van der Waals surface area contributed by atoms with Gasteiger partial charge in [0, 0.05) is 11.8 Å². The molecule has 25 heavy (non-hydrogen) atoms. The molecule has 0 saturated heterocycles. The number of hydrogen-bond acceptors (Lipinski definition) is 5. The zero-order valence-electron chi connectivity index (χ0n) is 13.3. The average Bonchev–Trinajstić information content (AvgIpc) is 3.08. The summed E-state index contributed by atoms with van der Waals surface area (Å²) in [5.74, 6) is -2.85. The normalized spacial score (nSPS) is 13.0. The van der Waals surface area contributed by atoms with Crippen LogP contribution in [0.5, 0.6) is 0 Å². The third kappa shape index (κ3) is 3.44. The molecule has 3 aromatic rings. The summed E-state index contributed by atoms with van der Waals surface area (Å²) in [5, 5.41) is 22.4. The smallest absolute Gasteiger partial charge is 0.252 e. The SMILES string of the molecule is CNC(O)(O)c1cc(-c2ccccc2F)n([S+]([O-])c2cccnc2)c1. The molecule has 1 unspecified atom stereocenters. The third-order valence-corrected chi connectivity index (χ3v) is 5.01. The fourth-order valence-corrected chi connectivity index (χ4v) is 3.46. The highest BCUT2D eigenvalue weighted by Gasteiger charge is 2.30. The van der Waals surface area contributed by atoms with Crippen molar-refractivity contribution < 1.29 is 19.2 Å². The summed E-state index contributed by atoms with van der Waals surface area (Å²) in [7, 11) is 1.36. The van der Waals surface area contributed by atoms with E-state index in [0.29, 0.717) is 4.90 Å². The van der Waals surface area contributed by atoms with E-state index in [0.717, 1.165) is 0 Å². The molecule has 0 radical (unpaired) electrons. The van der Waals surface area contributed by atoms with Crippen LogP contribution in [0.1, 0.15) is 5.56 Å². The van der Waals surface area contributed by atoms with Gasteiger partial charge in [0.15, 0.2) is 4.90 Å². The highest BCUT2D eigenvalue weighted by Crippen LogP contribution is 2.31. The monoisotopic (exact) mass is 361 g/mol. The zero-order chi connectivity index (χ0) is 18.0. The second-order valence-electron chi connectivity index (χ2n) is 5.28. The molecule has 130 valence electrons. The maximum absolute atomic E-state index is 14.2. The van der Waals surface area contributed by atoms with Gasteiger partial charge in [0.2, 0.25) is 0 Å². The van der Waals surface area contributed by atoms with E-state index < -0.39 is 23.1 Å². The molecule has 0 amide bonds. The molecule has 3 rings (SSSR count). The highest BCUT2D eigenvalue weighted by atomic mass is 32.2. The van der Waals surface area contributed by atoms with E-state index >= 15 is 0 Å². The Bertz CT molecular complexity index is 871. The van der Waals surface area contributed by atoms with E-state index in [1.807, 2.05) is 0 Å². The van der Waals surface area contributed by atoms with Crippen molar-refractivity contribution >= 4 is 11.4 Å². The Morgan fingerprint density at radius 2 is 2.00 bits per heavy atom. The number of benzene rings is 1. The van der Waals surface area contributed by atoms with Crippen LogP contribution in [-0.4, -0.2) is 30.8 Å². The zero-order valence-corrected chi connectivity index (χ0v) is 14.1. The van der Waals surface area contributed by atoms with Gasteiger partial charge in [0.05, 0.1) is 18.0 Å². The minimum Gasteiger partial charge on any atom is -0.587 e. The third-order valence-electron chi connectivity index (χ3n) is 3.70. The van der Waals surface area contributed by atoms with Crippen LogP contribution in [0.2, 0.25) is 0 Å². The van der Waals surface area contributed by atoms with E-state index in [1.54, 1.807) is 30.5 Å². The number of rotatable bonds is 5. The van der Waals surface area contributed by atoms with E-state index in [9.17, 15) is 19.2 Å². The van der Waals surface area contributed by atoms with Gasteiger partial charge in [-0.25, -0.2) is 4.39 Å². The minimum atomic E-state index is -2.34. The van der Waals surface area contributed by atoms with Gasteiger partial charge < -0.3 is 14.8 Å². The number of aromatic nitrogens is 2. The molecule has 0 bridgehead atoms. The average molecular weight is 361 g/mol. The van der Waals surface area contributed by atoms with Gasteiger partial charge in [-0.15, -0.1) is 0 Å². The Kier molecular flexibility index (Phi) is 4.89. The second-order valence-corrected chi connectivity index (χ2v) is 6.64. The van der Waals surface area contributed by atoms with Gasteiger partial charge >= 0.3 is 0 Å². The van der Waals surface area contributed by atoms with Gasteiger partial charge in [-0.1, -0.05) is 12.1 Å². The van der Waals surface area contributed by atoms with Gasteiger partial charge in [-0.2, -0.15) is 3.97 Å². The van der Waals surface area contributed by atoms with Crippen LogP contribution in [0.15, 0.2) is 66.0 Å². The number of nitrogens with one attached hydrogen (secondary N) is 1. The second kappa shape index (κ2) is 6.95. The highest BCUT2D eigenvalue weighted by molar-refractivity contribution is 7.90. The molecular weight excluding hydrogens is 345 g/mol. The van der Waals surface area contributed by atoms with Crippen molar-refractivity contribution in [2.75, 3.05) is 7.05 Å². The van der Waals surface area contributed by atoms with Gasteiger partial charge in [0.1, 0.15) is 22.9 Å². The molecule has 1 atom stereocenters. The number of nitrogens with zero attached hydrogens (tertiary/aromatic N) is 2. The molecule has 0 aliphatic carbocycles. The lowest BCUT2D eigenvalue weighted by Gasteiger charge is -2.18. The van der Waals surface area contributed by atoms with Crippen molar-refractivity contribution in [3.63, 3.8) is 0 Å². The summed E-state index contributed by atoms with van der Waals surface area (Å²) in [6.07, 6.45) is 4.29. The Morgan fingerprint density at radius 3 is 2.64 bits per heavy atom. The molecule has 0 spiro atoms. The molecule has 8 heteroatoms. The first kappa shape index (κ1) is 17.6. The van der Waals surface area contributed by atoms with Crippen LogP contribution in [0.25, 0.3) is 11.3 Å². The van der Waals surface area contributed by atoms with Crippen LogP contribution in [0, 0.1) is 5.82 Å². The summed E-state index contributed by atoms with van der Waals surface area (Å²) in [4.78, 5) is 4.33. The molecule has 3 N–H and O–H groups in total. The molecule has 0 aliphatic heterocycles. The number of pyridine rings is 1. The fraction of sp³-hybridized carbons (Fsp3) is 0.118. The Morgan fingerprint density at radius 1 is 1.24 bits per heavy atom. The first-order chi connectivity index (χ1) is 11.9. The van der Waals surface area contributed by atoms with Crippen LogP contribution >= 0.6 is 0 Å². The first-order valence-electron chi connectivity index (χ1n) is 7.38. The molecular formula is C17H16FN3O3S. The molecule has 0 fully saturated rings. The number of halogens is 1. The summed E-state index contributed by atoms with van der Waals surface area (Å²) in [6, 6.07) is 10.6. The predicted octanol–water partition coefficient (Wildman–Crippen LogP) is 1.57. The molecule has 0 saturated carbocycles. The predicted molar refractivity (Wildman–Crippen MR) is 91.0 cm³/mol. The Balaban J connectivity index is 2.18. The Hall–Kier alpha value is -2.23. The standard InChI is InChI=1S/C17H16FN3O3S/c1-19-17(22,23)12-9-16(14-6-2-3-7-15(14)18)21(11-12)25(24)13-5-4-8-20-10-13/h2-11,19,22-23H,1H3. The van der Waals surface area contributed by atoms with Crippen molar-refractivity contribution in [2.45, 2.75) is 10.8 Å². The maximum atomic E-state index is 14.2. The summed E-state index contributed by atoms with van der Waals surface area (Å²) in [6.45, 7) is 0. The lowest BCUT2D eigenvalue weighted by atomic mass is 10.1. The van der Waals surface area contributed by atoms with Crippen molar-refractivity contribution in [1.29, 1.82) is 0 Å². The lowest BCUT2D eigenvalue weighted by molar-refractivity contribution is -0.190. The van der Waals surface area contributed by atoms with Crippen LogP contribution in [0.4, 0.5) is 4.39 Å². The number of hydrogen-bond donors (Lipinski definition) is 3. The topological polar surface area (TPSA) is 93.4 Å². The molecule has 2 aromatic heterocycles. The minimum absolute atomic E-state index is 0.0329. The molecule has 6 nitrogen and oxygen atoms in total. The summed E-state index contributed by atoms with van der Waals surface area (Å²) >= 11 is -1.75. The van der Waals surface area contributed by atoms with Crippen molar-refractivity contribution in [3.05, 3.63) is 72.4 Å². The lowest BCUT2D eigenvalue weighted by Crippen LogP contribution is -2.39. The quantitative estimate of drug-likeness (QED) is 0.474. The summed E-state index contributed by atoms with van der Waals surface area (Å²) < 4.78 is 28.4. The van der Waals surface area contributed by atoms with Gasteiger partial charge in [-0.3, -0.25) is 10.3 Å². The van der Waals surface area contributed by atoms with E-state index in [1.165, 1.54) is 41.6 Å². The van der Waals surface area contributed by atoms with Crippen LogP contribution in [-0.2, 0) is 17.3 Å². The Labute approximate surface area is 146 Å². The molecule has 0 aliphatic rings. The van der Waals surface area contributed by atoms with E-state index in [-0.39, 0.29) is 16.8 Å². The molecule has 1 aromatic carbocycles. The van der Waals surface area contributed by atoms with Gasteiger partial charge in [-0.05, 0) is 37.4 Å². The largest absolute Gasteiger partial charge is 0.587 e. The first-order valence-corrected chi connectivity index (χ1v) is 8.48. The molecule has 2 heterocycles. The fourth-order valence-electron chi connectivity index (χ4n) is 2.35. The van der Waals surface area contributed by atoms with Gasteiger partial charge in [0.25, 0.3) is 5.91 Å².